The summed E-state index contributed by atoms with van der Waals surface area (Å²) in [5.41, 5.74) is -0.0111. The lowest BCUT2D eigenvalue weighted by molar-refractivity contribution is 0.0814. The first-order valence-electron chi connectivity index (χ1n) is 7.95. The van der Waals surface area contributed by atoms with Crippen molar-refractivity contribution in [2.75, 3.05) is 13.7 Å². The van der Waals surface area contributed by atoms with Gasteiger partial charge >= 0.3 is 6.09 Å². The SMILES string of the molecule is COC(=O)N1CC[C@H](c2cc(=O)[nH]o2)C[C@@H]1Cc1ccc(F)cc1F. The van der Waals surface area contributed by atoms with Crippen molar-refractivity contribution >= 4 is 6.09 Å². The van der Waals surface area contributed by atoms with Crippen molar-refractivity contribution in [3.63, 3.8) is 0 Å². The quantitative estimate of drug-likeness (QED) is 0.922. The fraction of sp³-hybridized carbons (Fsp3) is 0.412. The minimum atomic E-state index is -0.653. The molecular formula is C17H18F2N2O4. The molecule has 0 spiro atoms. The Balaban J connectivity index is 1.83. The minimum absolute atomic E-state index is 0.0756. The summed E-state index contributed by atoms with van der Waals surface area (Å²) in [6.45, 7) is 0.389. The highest BCUT2D eigenvalue weighted by atomic mass is 19.1. The van der Waals surface area contributed by atoms with Crippen LogP contribution in [-0.2, 0) is 11.2 Å². The number of methoxy groups -OCH3 is 1. The van der Waals surface area contributed by atoms with Crippen molar-refractivity contribution in [2.45, 2.75) is 31.2 Å². The maximum Gasteiger partial charge on any atom is 0.409 e. The van der Waals surface area contributed by atoms with Gasteiger partial charge in [-0.05, 0) is 30.9 Å². The summed E-state index contributed by atoms with van der Waals surface area (Å²) in [4.78, 5) is 24.8. The highest BCUT2D eigenvalue weighted by molar-refractivity contribution is 5.68. The number of benzene rings is 1. The number of aromatic amines is 1. The van der Waals surface area contributed by atoms with Gasteiger partial charge in [-0.1, -0.05) is 6.07 Å². The molecule has 2 atom stereocenters. The first-order valence-corrected chi connectivity index (χ1v) is 7.95. The van der Waals surface area contributed by atoms with E-state index in [2.05, 4.69) is 5.16 Å². The van der Waals surface area contributed by atoms with Crippen LogP contribution in [0.25, 0.3) is 0 Å². The molecule has 2 aromatic rings. The molecule has 0 aliphatic carbocycles. The van der Waals surface area contributed by atoms with E-state index in [0.29, 0.717) is 30.7 Å². The molecule has 0 bridgehead atoms. The number of H-pyrrole nitrogens is 1. The molecule has 0 unspecified atom stereocenters. The molecule has 2 heterocycles. The smallest absolute Gasteiger partial charge is 0.409 e. The molecule has 0 radical (unpaired) electrons. The number of piperidine rings is 1. The maximum absolute atomic E-state index is 14.0. The second-order valence-corrected chi connectivity index (χ2v) is 6.09. The van der Waals surface area contributed by atoms with Crippen LogP contribution in [0.5, 0.6) is 0 Å². The van der Waals surface area contributed by atoms with Crippen molar-refractivity contribution in [1.82, 2.24) is 10.1 Å². The van der Waals surface area contributed by atoms with Gasteiger partial charge < -0.3 is 14.2 Å². The zero-order chi connectivity index (χ0) is 18.0. The second kappa shape index (κ2) is 7.08. The number of carbonyl (C=O) groups is 1. The van der Waals surface area contributed by atoms with Crippen LogP contribution in [0.3, 0.4) is 0 Å². The lowest BCUT2D eigenvalue weighted by Gasteiger charge is -2.38. The Bertz CT molecular complexity index is 817. The Kier molecular flexibility index (Phi) is 4.87. The number of rotatable bonds is 3. The summed E-state index contributed by atoms with van der Waals surface area (Å²) < 4.78 is 37.1. The summed E-state index contributed by atoms with van der Waals surface area (Å²) in [7, 11) is 1.29. The van der Waals surface area contributed by atoms with Crippen molar-refractivity contribution in [1.29, 1.82) is 0 Å². The molecule has 1 aliphatic heterocycles. The van der Waals surface area contributed by atoms with E-state index in [4.69, 9.17) is 9.26 Å². The maximum atomic E-state index is 14.0. The van der Waals surface area contributed by atoms with E-state index < -0.39 is 17.7 Å². The van der Waals surface area contributed by atoms with Crippen molar-refractivity contribution in [3.8, 4) is 0 Å². The van der Waals surface area contributed by atoms with Crippen LogP contribution < -0.4 is 5.56 Å². The number of nitrogens with zero attached hydrogens (tertiary/aromatic N) is 1. The molecule has 1 aromatic carbocycles. The third-order valence-electron chi connectivity index (χ3n) is 4.54. The first-order chi connectivity index (χ1) is 12.0. The Hall–Kier alpha value is -2.64. The van der Waals surface area contributed by atoms with E-state index in [9.17, 15) is 18.4 Å². The molecule has 3 rings (SSSR count). The molecule has 1 N–H and O–H groups in total. The Labute approximate surface area is 142 Å². The third-order valence-corrected chi connectivity index (χ3v) is 4.54. The van der Waals surface area contributed by atoms with E-state index in [-0.39, 0.29) is 23.9 Å². The first kappa shape index (κ1) is 17.2. The lowest BCUT2D eigenvalue weighted by Crippen LogP contribution is -2.46. The molecule has 134 valence electrons. The van der Waals surface area contributed by atoms with Crippen LogP contribution in [0, 0.1) is 11.6 Å². The summed E-state index contributed by atoms with van der Waals surface area (Å²) in [5, 5.41) is 2.25. The fourth-order valence-electron chi connectivity index (χ4n) is 3.30. The van der Waals surface area contributed by atoms with Crippen LogP contribution in [-0.4, -0.2) is 35.8 Å². The predicted octanol–water partition coefficient (Wildman–Crippen LogP) is 2.80. The highest BCUT2D eigenvalue weighted by Crippen LogP contribution is 2.33. The topological polar surface area (TPSA) is 75.5 Å². The molecule has 0 saturated carbocycles. The lowest BCUT2D eigenvalue weighted by atomic mass is 9.86. The molecule has 1 aromatic heterocycles. The number of amides is 1. The van der Waals surface area contributed by atoms with Gasteiger partial charge in [0.25, 0.3) is 5.56 Å². The average molecular weight is 352 g/mol. The van der Waals surface area contributed by atoms with Crippen LogP contribution in [0.4, 0.5) is 13.6 Å². The van der Waals surface area contributed by atoms with Crippen LogP contribution >= 0.6 is 0 Å². The number of hydrogen-bond acceptors (Lipinski definition) is 4. The number of aromatic nitrogens is 1. The van der Waals surface area contributed by atoms with Crippen LogP contribution in [0.15, 0.2) is 33.6 Å². The van der Waals surface area contributed by atoms with Gasteiger partial charge in [0, 0.05) is 30.6 Å². The largest absolute Gasteiger partial charge is 0.453 e. The van der Waals surface area contributed by atoms with Crippen molar-refractivity contribution in [2.24, 2.45) is 0 Å². The molecule has 1 aliphatic rings. The monoisotopic (exact) mass is 352 g/mol. The summed E-state index contributed by atoms with van der Waals surface area (Å²) in [5.74, 6) is -0.866. The summed E-state index contributed by atoms with van der Waals surface area (Å²) in [6.07, 6.45) is 0.790. The number of carbonyl (C=O) groups excluding carboxylic acids is 1. The number of nitrogens with one attached hydrogen (secondary N) is 1. The van der Waals surface area contributed by atoms with Crippen molar-refractivity contribution in [3.05, 3.63) is 57.6 Å². The summed E-state index contributed by atoms with van der Waals surface area (Å²) >= 11 is 0. The highest BCUT2D eigenvalue weighted by Gasteiger charge is 2.34. The Morgan fingerprint density at radius 1 is 1.40 bits per heavy atom. The molecule has 1 fully saturated rings. The molecule has 1 saturated heterocycles. The normalized spacial score (nSPS) is 20.5. The van der Waals surface area contributed by atoms with Gasteiger partial charge in [-0.2, -0.15) is 5.16 Å². The number of hydrogen-bond donors (Lipinski definition) is 1. The van der Waals surface area contributed by atoms with Gasteiger partial charge in [-0.3, -0.25) is 4.79 Å². The number of ether oxygens (including phenoxy) is 1. The third kappa shape index (κ3) is 3.72. The van der Waals surface area contributed by atoms with Gasteiger partial charge in [0.05, 0.1) is 7.11 Å². The average Bonchev–Trinajstić information content (AvgIpc) is 3.03. The van der Waals surface area contributed by atoms with Crippen LogP contribution in [0.1, 0.15) is 30.1 Å². The fourth-order valence-corrected chi connectivity index (χ4v) is 3.30. The number of likely N-dealkylation sites (tertiary alicyclic amines) is 1. The van der Waals surface area contributed by atoms with E-state index in [1.807, 2.05) is 0 Å². The van der Waals surface area contributed by atoms with Crippen molar-refractivity contribution < 1.29 is 22.8 Å². The Morgan fingerprint density at radius 2 is 2.20 bits per heavy atom. The standard InChI is InChI=1S/C17H18F2N2O4/c1-24-17(23)21-5-4-11(15-9-16(22)20-25-15)7-13(21)6-10-2-3-12(18)8-14(10)19/h2-3,8-9,11,13H,4-7H2,1H3,(H,20,22)/t11-,13-/m0/s1. The van der Waals surface area contributed by atoms with Gasteiger partial charge in [-0.25, -0.2) is 13.6 Å². The van der Waals surface area contributed by atoms with Gasteiger partial charge in [0.2, 0.25) is 0 Å². The number of halogens is 2. The second-order valence-electron chi connectivity index (χ2n) is 6.09. The summed E-state index contributed by atoms with van der Waals surface area (Å²) in [6, 6.07) is 4.41. The van der Waals surface area contributed by atoms with E-state index in [1.165, 1.54) is 30.2 Å². The zero-order valence-electron chi connectivity index (χ0n) is 13.6. The zero-order valence-corrected chi connectivity index (χ0v) is 13.6. The minimum Gasteiger partial charge on any atom is -0.453 e. The Morgan fingerprint density at radius 3 is 2.84 bits per heavy atom. The molecule has 1 amide bonds. The van der Waals surface area contributed by atoms with E-state index >= 15 is 0 Å². The molecule has 6 nitrogen and oxygen atoms in total. The van der Waals surface area contributed by atoms with E-state index in [1.54, 1.807) is 0 Å². The molecule has 8 heteroatoms. The van der Waals surface area contributed by atoms with Gasteiger partial charge in [-0.15, -0.1) is 0 Å². The predicted molar refractivity (Wildman–Crippen MR) is 84.3 cm³/mol. The van der Waals surface area contributed by atoms with Gasteiger partial charge in [0.15, 0.2) is 0 Å². The van der Waals surface area contributed by atoms with E-state index in [0.717, 1.165) is 6.07 Å². The molecule has 25 heavy (non-hydrogen) atoms. The van der Waals surface area contributed by atoms with Gasteiger partial charge in [0.1, 0.15) is 17.4 Å². The molecular weight excluding hydrogens is 334 g/mol. The van der Waals surface area contributed by atoms with Crippen LogP contribution in [0.2, 0.25) is 0 Å².